The van der Waals surface area contributed by atoms with Crippen molar-refractivity contribution in [3.8, 4) is 0 Å². The molecule has 7 heteroatoms. The summed E-state index contributed by atoms with van der Waals surface area (Å²) in [7, 11) is 0. The van der Waals surface area contributed by atoms with Gasteiger partial charge in [-0.2, -0.15) is 0 Å². The maximum Gasteiger partial charge on any atom is 0.411 e. The van der Waals surface area contributed by atoms with Crippen molar-refractivity contribution in [3.63, 3.8) is 0 Å². The second kappa shape index (κ2) is 5.30. The van der Waals surface area contributed by atoms with E-state index in [0.717, 1.165) is 0 Å². The number of nitro groups is 1. The Morgan fingerprint density at radius 1 is 1.53 bits per heavy atom. The number of benzene rings is 1. The number of amides is 1. The zero-order valence-corrected chi connectivity index (χ0v) is 10.1. The number of carbonyl (C=O) groups excluding carboxylic acids is 1. The molecule has 0 bridgehead atoms. The zero-order valence-electron chi connectivity index (χ0n) is 10.1. The quantitative estimate of drug-likeness (QED) is 0.677. The van der Waals surface area contributed by atoms with Gasteiger partial charge in [-0.1, -0.05) is 6.07 Å². The van der Waals surface area contributed by atoms with Crippen LogP contribution in [-0.4, -0.2) is 22.6 Å². The van der Waals surface area contributed by atoms with Gasteiger partial charge in [-0.15, -0.1) is 0 Å². The Morgan fingerprint density at radius 3 is 3.00 bits per heavy atom. The molecule has 1 amide bonds. The highest BCUT2D eigenvalue weighted by Gasteiger charge is 2.13. The molecule has 0 unspecified atom stereocenters. The van der Waals surface area contributed by atoms with Gasteiger partial charge in [0.2, 0.25) is 0 Å². The summed E-state index contributed by atoms with van der Waals surface area (Å²) in [5.41, 5.74) is 0.779. The van der Waals surface area contributed by atoms with E-state index in [1.807, 2.05) is 0 Å². The summed E-state index contributed by atoms with van der Waals surface area (Å²) in [6, 6.07) is 6.11. The van der Waals surface area contributed by atoms with Crippen molar-refractivity contribution in [1.29, 1.82) is 0 Å². The SMILES string of the molecule is CCOC(=O)Nc1cnc2cccc([N+](=O)[O-])c2c1. The molecule has 1 heterocycles. The van der Waals surface area contributed by atoms with Crippen molar-refractivity contribution in [2.75, 3.05) is 11.9 Å². The van der Waals surface area contributed by atoms with E-state index in [-0.39, 0.29) is 12.3 Å². The lowest BCUT2D eigenvalue weighted by Crippen LogP contribution is -2.13. The van der Waals surface area contributed by atoms with Gasteiger partial charge in [0.25, 0.3) is 5.69 Å². The molecule has 0 atom stereocenters. The number of nitrogens with one attached hydrogen (secondary N) is 1. The van der Waals surface area contributed by atoms with Gasteiger partial charge in [0, 0.05) is 6.07 Å². The number of pyridine rings is 1. The summed E-state index contributed by atoms with van der Waals surface area (Å²) in [6.07, 6.45) is 0.797. The molecule has 19 heavy (non-hydrogen) atoms. The Labute approximate surface area is 108 Å². The summed E-state index contributed by atoms with van der Waals surface area (Å²) >= 11 is 0. The van der Waals surface area contributed by atoms with Crippen LogP contribution < -0.4 is 5.32 Å². The minimum atomic E-state index is -0.623. The molecule has 0 fully saturated rings. The number of nitro benzene ring substituents is 1. The van der Waals surface area contributed by atoms with E-state index in [1.54, 1.807) is 19.1 Å². The highest BCUT2D eigenvalue weighted by atomic mass is 16.6. The molecule has 2 rings (SSSR count). The second-order valence-corrected chi connectivity index (χ2v) is 3.67. The van der Waals surface area contributed by atoms with Gasteiger partial charge < -0.3 is 4.74 Å². The smallest absolute Gasteiger partial charge is 0.411 e. The van der Waals surface area contributed by atoms with Crippen LogP contribution in [-0.2, 0) is 4.74 Å². The van der Waals surface area contributed by atoms with Crippen LogP contribution >= 0.6 is 0 Å². The van der Waals surface area contributed by atoms with Gasteiger partial charge in [0.1, 0.15) is 0 Å². The third-order valence-corrected chi connectivity index (χ3v) is 2.42. The summed E-state index contributed by atoms with van der Waals surface area (Å²) in [5, 5.41) is 13.7. The minimum absolute atomic E-state index is 0.0579. The summed E-state index contributed by atoms with van der Waals surface area (Å²) < 4.78 is 4.72. The first-order valence-corrected chi connectivity index (χ1v) is 5.58. The molecule has 1 aromatic carbocycles. The fraction of sp³-hybridized carbons (Fsp3) is 0.167. The molecular weight excluding hydrogens is 250 g/mol. The number of non-ortho nitro benzene ring substituents is 1. The normalized spacial score (nSPS) is 10.2. The first kappa shape index (κ1) is 12.7. The highest BCUT2D eigenvalue weighted by Crippen LogP contribution is 2.26. The highest BCUT2D eigenvalue weighted by molar-refractivity contribution is 5.93. The Kier molecular flexibility index (Phi) is 3.56. The van der Waals surface area contributed by atoms with Crippen molar-refractivity contribution < 1.29 is 14.5 Å². The van der Waals surface area contributed by atoms with Crippen molar-refractivity contribution in [1.82, 2.24) is 4.98 Å². The van der Waals surface area contributed by atoms with Crippen molar-refractivity contribution in [2.24, 2.45) is 0 Å². The molecule has 0 spiro atoms. The van der Waals surface area contributed by atoms with Crippen molar-refractivity contribution in [2.45, 2.75) is 6.92 Å². The third kappa shape index (κ3) is 2.76. The van der Waals surface area contributed by atoms with E-state index in [1.165, 1.54) is 18.3 Å². The topological polar surface area (TPSA) is 94.4 Å². The van der Waals surface area contributed by atoms with Crippen LogP contribution in [0.5, 0.6) is 0 Å². The second-order valence-electron chi connectivity index (χ2n) is 3.67. The van der Waals surface area contributed by atoms with E-state index in [9.17, 15) is 14.9 Å². The number of anilines is 1. The molecular formula is C12H11N3O4. The number of rotatable bonds is 3. The maximum absolute atomic E-state index is 11.3. The number of carbonyl (C=O) groups is 1. The van der Waals surface area contributed by atoms with Gasteiger partial charge in [-0.3, -0.25) is 20.4 Å². The molecule has 98 valence electrons. The summed E-state index contributed by atoms with van der Waals surface area (Å²) in [5.74, 6) is 0. The molecule has 0 saturated carbocycles. The Bertz CT molecular complexity index is 642. The number of hydrogen-bond donors (Lipinski definition) is 1. The van der Waals surface area contributed by atoms with E-state index < -0.39 is 11.0 Å². The fourth-order valence-electron chi connectivity index (χ4n) is 1.65. The number of fused-ring (bicyclic) bond motifs is 1. The van der Waals surface area contributed by atoms with Crippen LogP contribution in [0.3, 0.4) is 0 Å². The molecule has 2 aromatic rings. The van der Waals surface area contributed by atoms with Crippen LogP contribution in [0.2, 0.25) is 0 Å². The predicted octanol–water partition coefficient (Wildman–Crippen LogP) is 2.71. The van der Waals surface area contributed by atoms with E-state index in [2.05, 4.69) is 10.3 Å². The lowest BCUT2D eigenvalue weighted by molar-refractivity contribution is -0.383. The van der Waals surface area contributed by atoms with Crippen LogP contribution in [0.1, 0.15) is 6.92 Å². The fourth-order valence-corrected chi connectivity index (χ4v) is 1.65. The lowest BCUT2D eigenvalue weighted by atomic mass is 10.2. The predicted molar refractivity (Wildman–Crippen MR) is 69.0 cm³/mol. The molecule has 7 nitrogen and oxygen atoms in total. The minimum Gasteiger partial charge on any atom is -0.450 e. The summed E-state index contributed by atoms with van der Waals surface area (Å²) in [4.78, 5) is 25.8. The molecule has 1 aromatic heterocycles. The van der Waals surface area contributed by atoms with Gasteiger partial charge in [0.05, 0.1) is 34.3 Å². The Balaban J connectivity index is 2.41. The Hall–Kier alpha value is -2.70. The van der Waals surface area contributed by atoms with Crippen LogP contribution in [0.25, 0.3) is 10.9 Å². The van der Waals surface area contributed by atoms with Crippen LogP contribution in [0.4, 0.5) is 16.2 Å². The van der Waals surface area contributed by atoms with Crippen molar-refractivity contribution >= 4 is 28.4 Å². The molecule has 1 N–H and O–H groups in total. The lowest BCUT2D eigenvalue weighted by Gasteiger charge is -2.06. The van der Waals surface area contributed by atoms with Gasteiger partial charge in [-0.05, 0) is 19.1 Å². The van der Waals surface area contributed by atoms with Gasteiger partial charge in [-0.25, -0.2) is 4.79 Å². The average Bonchev–Trinajstić information content (AvgIpc) is 2.38. The van der Waals surface area contributed by atoms with Crippen LogP contribution in [0.15, 0.2) is 30.5 Å². The molecule has 0 aliphatic rings. The number of hydrogen-bond acceptors (Lipinski definition) is 5. The first-order chi connectivity index (χ1) is 9.11. The number of nitrogens with zero attached hydrogens (tertiary/aromatic N) is 2. The standard InChI is InChI=1S/C12H11N3O4/c1-2-19-12(16)14-8-6-9-10(13-7-8)4-3-5-11(9)15(17)18/h3-7H,2H2,1H3,(H,14,16). The zero-order chi connectivity index (χ0) is 13.8. The molecule has 0 saturated heterocycles. The molecule has 0 aliphatic carbocycles. The first-order valence-electron chi connectivity index (χ1n) is 5.58. The van der Waals surface area contributed by atoms with E-state index in [0.29, 0.717) is 16.6 Å². The molecule has 0 aliphatic heterocycles. The van der Waals surface area contributed by atoms with E-state index >= 15 is 0 Å². The maximum atomic E-state index is 11.3. The largest absolute Gasteiger partial charge is 0.450 e. The van der Waals surface area contributed by atoms with Gasteiger partial charge in [0.15, 0.2) is 0 Å². The van der Waals surface area contributed by atoms with Crippen LogP contribution in [0, 0.1) is 10.1 Å². The number of aromatic nitrogens is 1. The van der Waals surface area contributed by atoms with E-state index in [4.69, 9.17) is 4.74 Å². The summed E-state index contributed by atoms with van der Waals surface area (Å²) in [6.45, 7) is 1.93. The van der Waals surface area contributed by atoms with Gasteiger partial charge >= 0.3 is 6.09 Å². The molecule has 0 radical (unpaired) electrons. The third-order valence-electron chi connectivity index (χ3n) is 2.42. The van der Waals surface area contributed by atoms with Crippen molar-refractivity contribution in [3.05, 3.63) is 40.6 Å². The Morgan fingerprint density at radius 2 is 2.32 bits per heavy atom. The monoisotopic (exact) mass is 261 g/mol. The average molecular weight is 261 g/mol. The number of ether oxygens (including phenoxy) is 1.